The molecule has 0 fully saturated rings. The number of ether oxygens (including phenoxy) is 1. The van der Waals surface area contributed by atoms with E-state index in [2.05, 4.69) is 5.16 Å². The molecule has 1 atom stereocenters. The van der Waals surface area contributed by atoms with Crippen molar-refractivity contribution in [1.29, 1.82) is 0 Å². The number of aldehydes is 1. The van der Waals surface area contributed by atoms with E-state index < -0.39 is 6.23 Å². The van der Waals surface area contributed by atoms with Crippen LogP contribution in [0, 0.1) is 0 Å². The van der Waals surface area contributed by atoms with E-state index in [-0.39, 0.29) is 25.0 Å². The van der Waals surface area contributed by atoms with E-state index in [1.165, 1.54) is 4.90 Å². The molecule has 194 valence electrons. The predicted molar refractivity (Wildman–Crippen MR) is 136 cm³/mol. The Morgan fingerprint density at radius 3 is 2.46 bits per heavy atom. The molecule has 1 amide bonds. The maximum absolute atomic E-state index is 13.4. The molecule has 0 spiro atoms. The lowest BCUT2D eigenvalue weighted by molar-refractivity contribution is -0.107. The Bertz CT molecular complexity index is 1260. The summed E-state index contributed by atoms with van der Waals surface area (Å²) in [6.45, 7) is 3.73. The lowest BCUT2D eigenvalue weighted by atomic mass is 10.1. The second-order valence-electron chi connectivity index (χ2n) is 8.22. The molecule has 4 aromatic rings. The molecule has 2 N–H and O–H groups in total. The fraction of sp³-hybridized carbons (Fsp3) is 0.250. The molecule has 2 aromatic carbocycles. The standard InChI is InChI=1S/C27H26N2O6.CH4O/c1-18(2)29(26(31)20-11-9-19(10-12-20)24-8-5-15-33-24)27(32)23-6-3-4-7-25(23)34-17-22-16-21(13-14-30)28-35-22;1-2/h3-12,14-16,18,27,32H,13,17H2,1-2H3;2H,1H3. The third-order valence-corrected chi connectivity index (χ3v) is 5.46. The van der Waals surface area contributed by atoms with Gasteiger partial charge in [0.1, 0.15) is 24.4 Å². The molecule has 9 heteroatoms. The number of rotatable bonds is 10. The van der Waals surface area contributed by atoms with Crippen LogP contribution in [0.5, 0.6) is 5.75 Å². The largest absolute Gasteiger partial charge is 0.485 e. The van der Waals surface area contributed by atoms with Gasteiger partial charge in [0.15, 0.2) is 12.0 Å². The highest BCUT2D eigenvalue weighted by molar-refractivity contribution is 5.95. The number of hydrogen-bond donors (Lipinski definition) is 2. The first kappa shape index (κ1) is 27.4. The summed E-state index contributed by atoms with van der Waals surface area (Å²) in [6, 6.07) is 19.0. The SMILES string of the molecule is CC(C)N(C(=O)c1ccc(-c2ccco2)cc1)C(O)c1ccccc1OCc1cc(CC=O)no1.CO. The van der Waals surface area contributed by atoms with Crippen molar-refractivity contribution in [2.24, 2.45) is 0 Å². The van der Waals surface area contributed by atoms with Gasteiger partial charge in [-0.05, 0) is 44.2 Å². The maximum atomic E-state index is 13.4. The number of nitrogens with zero attached hydrogens (tertiary/aromatic N) is 2. The van der Waals surface area contributed by atoms with Crippen LogP contribution in [0.3, 0.4) is 0 Å². The highest BCUT2D eigenvalue weighted by Gasteiger charge is 2.29. The molecule has 0 aliphatic carbocycles. The number of aromatic nitrogens is 1. The lowest BCUT2D eigenvalue weighted by Gasteiger charge is -2.32. The summed E-state index contributed by atoms with van der Waals surface area (Å²) in [5, 5.41) is 22.1. The van der Waals surface area contributed by atoms with Gasteiger partial charge in [0.05, 0.1) is 12.0 Å². The minimum Gasteiger partial charge on any atom is -0.485 e. The van der Waals surface area contributed by atoms with E-state index in [1.807, 2.05) is 32.0 Å². The van der Waals surface area contributed by atoms with Crippen molar-refractivity contribution in [2.75, 3.05) is 7.11 Å². The molecule has 2 heterocycles. The number of aliphatic hydroxyl groups excluding tert-OH is 2. The van der Waals surface area contributed by atoms with Crippen LogP contribution in [0.2, 0.25) is 0 Å². The Labute approximate surface area is 214 Å². The molecule has 1 unspecified atom stereocenters. The topological polar surface area (TPSA) is 126 Å². The molecule has 0 saturated heterocycles. The normalized spacial score (nSPS) is 11.4. The number of furan rings is 1. The van der Waals surface area contributed by atoms with Crippen molar-refractivity contribution in [1.82, 2.24) is 10.1 Å². The number of para-hydroxylation sites is 1. The number of aliphatic hydroxyl groups is 2. The average molecular weight is 507 g/mol. The van der Waals surface area contributed by atoms with Crippen LogP contribution in [0.1, 0.15) is 47.5 Å². The minimum absolute atomic E-state index is 0.0550. The molecule has 0 radical (unpaired) electrons. The molecule has 2 aromatic heterocycles. The first-order valence-corrected chi connectivity index (χ1v) is 11.7. The zero-order chi connectivity index (χ0) is 26.8. The molecular formula is C28H30N2O7. The van der Waals surface area contributed by atoms with Crippen molar-refractivity contribution in [3.63, 3.8) is 0 Å². The number of carbonyl (C=O) groups excluding carboxylic acids is 2. The highest BCUT2D eigenvalue weighted by Crippen LogP contribution is 2.31. The van der Waals surface area contributed by atoms with Crippen molar-refractivity contribution < 1.29 is 33.5 Å². The number of carbonyl (C=O) groups is 2. The predicted octanol–water partition coefficient (Wildman–Crippen LogP) is 4.41. The van der Waals surface area contributed by atoms with Crippen molar-refractivity contribution in [3.05, 3.63) is 95.6 Å². The van der Waals surface area contributed by atoms with Gasteiger partial charge in [0, 0.05) is 42.3 Å². The van der Waals surface area contributed by atoms with Gasteiger partial charge in [0.25, 0.3) is 5.91 Å². The first-order chi connectivity index (χ1) is 18.0. The number of hydrogen-bond acceptors (Lipinski definition) is 8. The summed E-state index contributed by atoms with van der Waals surface area (Å²) in [4.78, 5) is 25.5. The van der Waals surface area contributed by atoms with Crippen LogP contribution in [0.25, 0.3) is 11.3 Å². The fourth-order valence-corrected chi connectivity index (χ4v) is 3.73. The number of benzene rings is 2. The Kier molecular flexibility index (Phi) is 9.76. The van der Waals surface area contributed by atoms with Gasteiger partial charge in [0.2, 0.25) is 0 Å². The summed E-state index contributed by atoms with van der Waals surface area (Å²) in [7, 11) is 1.00. The monoisotopic (exact) mass is 506 g/mol. The smallest absolute Gasteiger partial charge is 0.256 e. The summed E-state index contributed by atoms with van der Waals surface area (Å²) in [5.41, 5.74) is 2.25. The number of amides is 1. The van der Waals surface area contributed by atoms with Gasteiger partial charge >= 0.3 is 0 Å². The third kappa shape index (κ3) is 6.72. The lowest BCUT2D eigenvalue weighted by Crippen LogP contribution is -2.40. The third-order valence-electron chi connectivity index (χ3n) is 5.46. The zero-order valence-corrected chi connectivity index (χ0v) is 20.9. The Morgan fingerprint density at radius 2 is 1.81 bits per heavy atom. The Morgan fingerprint density at radius 1 is 1.08 bits per heavy atom. The van der Waals surface area contributed by atoms with Crippen LogP contribution >= 0.6 is 0 Å². The van der Waals surface area contributed by atoms with Crippen molar-refractivity contribution in [3.8, 4) is 17.1 Å². The molecule has 9 nitrogen and oxygen atoms in total. The molecule has 0 saturated carbocycles. The Balaban J connectivity index is 0.00000186. The van der Waals surface area contributed by atoms with E-state index in [0.29, 0.717) is 34.1 Å². The van der Waals surface area contributed by atoms with Gasteiger partial charge < -0.3 is 33.6 Å². The molecule has 0 aliphatic rings. The van der Waals surface area contributed by atoms with Gasteiger partial charge in [-0.15, -0.1) is 0 Å². The summed E-state index contributed by atoms with van der Waals surface area (Å²) >= 11 is 0. The quantitative estimate of drug-likeness (QED) is 0.239. The first-order valence-electron chi connectivity index (χ1n) is 11.7. The second kappa shape index (κ2) is 13.2. The molecule has 4 rings (SSSR count). The maximum Gasteiger partial charge on any atom is 0.256 e. The molecule has 37 heavy (non-hydrogen) atoms. The molecule has 0 aliphatic heterocycles. The van der Waals surface area contributed by atoms with Crippen LogP contribution in [-0.4, -0.2) is 45.6 Å². The van der Waals surface area contributed by atoms with Crippen LogP contribution < -0.4 is 4.74 Å². The van der Waals surface area contributed by atoms with E-state index in [9.17, 15) is 14.7 Å². The van der Waals surface area contributed by atoms with Crippen molar-refractivity contribution in [2.45, 2.75) is 39.1 Å². The van der Waals surface area contributed by atoms with E-state index in [0.717, 1.165) is 19.0 Å². The summed E-state index contributed by atoms with van der Waals surface area (Å²) in [5.74, 6) is 1.24. The van der Waals surface area contributed by atoms with Crippen LogP contribution in [0.4, 0.5) is 0 Å². The molecular weight excluding hydrogens is 476 g/mol. The van der Waals surface area contributed by atoms with E-state index >= 15 is 0 Å². The summed E-state index contributed by atoms with van der Waals surface area (Å²) < 4.78 is 16.5. The van der Waals surface area contributed by atoms with Gasteiger partial charge in [-0.25, -0.2) is 0 Å². The minimum atomic E-state index is -1.25. The highest BCUT2D eigenvalue weighted by atomic mass is 16.5. The van der Waals surface area contributed by atoms with Gasteiger partial charge in [-0.2, -0.15) is 0 Å². The van der Waals surface area contributed by atoms with Crippen molar-refractivity contribution >= 4 is 12.2 Å². The molecule has 0 bridgehead atoms. The Hall–Kier alpha value is -4.21. The fourth-order valence-electron chi connectivity index (χ4n) is 3.73. The zero-order valence-electron chi connectivity index (χ0n) is 20.9. The van der Waals surface area contributed by atoms with E-state index in [1.54, 1.807) is 54.8 Å². The summed E-state index contributed by atoms with van der Waals surface area (Å²) in [6.07, 6.45) is 1.25. The van der Waals surface area contributed by atoms with E-state index in [4.69, 9.17) is 18.8 Å². The van der Waals surface area contributed by atoms with Gasteiger partial charge in [-0.3, -0.25) is 4.79 Å². The van der Waals surface area contributed by atoms with Crippen LogP contribution in [0.15, 0.2) is 81.9 Å². The van der Waals surface area contributed by atoms with Gasteiger partial charge in [-0.1, -0.05) is 35.5 Å². The second-order valence-corrected chi connectivity index (χ2v) is 8.22. The average Bonchev–Trinajstić information content (AvgIpc) is 3.62. The van der Waals surface area contributed by atoms with Crippen LogP contribution in [-0.2, 0) is 17.8 Å².